The Morgan fingerprint density at radius 3 is 2.89 bits per heavy atom. The van der Waals surface area contributed by atoms with E-state index in [2.05, 4.69) is 9.59 Å². The van der Waals surface area contributed by atoms with Gasteiger partial charge in [0.05, 0.1) is 5.69 Å². The number of aryl methyl sites for hydroxylation is 1. The van der Waals surface area contributed by atoms with Gasteiger partial charge >= 0.3 is 5.97 Å². The number of carbonyl (C=O) groups excluding carboxylic acids is 1. The molecule has 3 N–H and O–H groups in total. The minimum atomic E-state index is -1.33. The third-order valence-corrected chi connectivity index (χ3v) is 4.01. The van der Waals surface area contributed by atoms with E-state index in [0.717, 1.165) is 18.0 Å². The molecule has 7 nitrogen and oxygen atoms in total. The van der Waals surface area contributed by atoms with Crippen LogP contribution in [0.4, 0.5) is 0 Å². The molecule has 0 spiro atoms. The van der Waals surface area contributed by atoms with Crippen LogP contribution in [-0.2, 0) is 11.2 Å². The smallest absolute Gasteiger partial charge is 0.325 e. The molecule has 0 aliphatic carbocycles. The number of aromatic nitrogens is 2. The highest BCUT2D eigenvalue weighted by Crippen LogP contribution is 2.23. The molecule has 1 unspecified atom stereocenters. The maximum Gasteiger partial charge on any atom is 0.325 e. The van der Waals surface area contributed by atoms with Gasteiger partial charge in [-0.05, 0) is 24.4 Å². The van der Waals surface area contributed by atoms with Crippen molar-refractivity contribution in [1.29, 1.82) is 0 Å². The third kappa shape index (κ3) is 2.59. The molecule has 0 bridgehead atoms. The molecule has 1 aliphatic rings. The number of carbonyl (C=O) groups is 2. The number of nitrogens with two attached hydrogens (primary N) is 1. The normalized spacial score (nSPS) is 22.7. The number of rotatable bonds is 4. The zero-order valence-corrected chi connectivity index (χ0v) is 11.4. The summed E-state index contributed by atoms with van der Waals surface area (Å²) in [6, 6.07) is 0. The van der Waals surface area contributed by atoms with E-state index in [0.29, 0.717) is 23.5 Å². The monoisotopic (exact) mass is 284 g/mol. The van der Waals surface area contributed by atoms with Gasteiger partial charge in [0.25, 0.3) is 5.91 Å². The minimum Gasteiger partial charge on any atom is -0.480 e. The molecule has 2 rings (SSSR count). The van der Waals surface area contributed by atoms with Gasteiger partial charge in [-0.15, -0.1) is 5.10 Å². The van der Waals surface area contributed by atoms with Gasteiger partial charge < -0.3 is 15.7 Å². The van der Waals surface area contributed by atoms with Crippen LogP contribution in [-0.4, -0.2) is 50.1 Å². The van der Waals surface area contributed by atoms with E-state index in [1.807, 2.05) is 6.92 Å². The van der Waals surface area contributed by atoms with Crippen LogP contribution >= 0.6 is 11.5 Å². The zero-order chi connectivity index (χ0) is 14.0. The van der Waals surface area contributed by atoms with Crippen LogP contribution in [0.25, 0.3) is 0 Å². The SMILES string of the molecule is CCCc1nnsc1C(=O)N1CCC(N)(C(=O)O)C1. The largest absolute Gasteiger partial charge is 0.480 e. The highest BCUT2D eigenvalue weighted by atomic mass is 32.1. The maximum absolute atomic E-state index is 12.3. The fourth-order valence-corrected chi connectivity index (χ4v) is 2.77. The van der Waals surface area contributed by atoms with Gasteiger partial charge in [-0.3, -0.25) is 9.59 Å². The van der Waals surface area contributed by atoms with Gasteiger partial charge in [-0.2, -0.15) is 0 Å². The Hall–Kier alpha value is -1.54. The van der Waals surface area contributed by atoms with Crippen molar-refractivity contribution in [1.82, 2.24) is 14.5 Å². The van der Waals surface area contributed by atoms with E-state index >= 15 is 0 Å². The van der Waals surface area contributed by atoms with Crippen LogP contribution in [0.5, 0.6) is 0 Å². The predicted molar refractivity (Wildman–Crippen MR) is 69.0 cm³/mol. The molecule has 1 saturated heterocycles. The predicted octanol–water partition coefficient (Wildman–Crippen LogP) is 0.119. The number of nitrogens with zero attached hydrogens (tertiary/aromatic N) is 3. The molecule has 0 aromatic carbocycles. The van der Waals surface area contributed by atoms with Crippen molar-refractivity contribution in [3.63, 3.8) is 0 Å². The van der Waals surface area contributed by atoms with E-state index in [-0.39, 0.29) is 18.9 Å². The van der Waals surface area contributed by atoms with Crippen LogP contribution < -0.4 is 5.73 Å². The van der Waals surface area contributed by atoms with E-state index < -0.39 is 11.5 Å². The Bertz CT molecular complexity index is 504. The second-order valence-electron chi connectivity index (χ2n) is 4.74. The second-order valence-corrected chi connectivity index (χ2v) is 5.49. The first-order valence-electron chi connectivity index (χ1n) is 6.10. The first-order valence-corrected chi connectivity index (χ1v) is 6.88. The quantitative estimate of drug-likeness (QED) is 0.812. The summed E-state index contributed by atoms with van der Waals surface area (Å²) in [6.45, 7) is 2.38. The molecule has 2 heterocycles. The van der Waals surface area contributed by atoms with E-state index in [1.54, 1.807) is 0 Å². The molecule has 8 heteroatoms. The molecule has 1 aliphatic heterocycles. The van der Waals surface area contributed by atoms with Crippen LogP contribution in [0.15, 0.2) is 0 Å². The molecular formula is C11H16N4O3S. The number of carboxylic acid groups (broad SMARTS) is 1. The van der Waals surface area contributed by atoms with Crippen LogP contribution in [0.3, 0.4) is 0 Å². The highest BCUT2D eigenvalue weighted by molar-refractivity contribution is 7.08. The molecule has 0 saturated carbocycles. The number of likely N-dealkylation sites (tertiary alicyclic amines) is 1. The summed E-state index contributed by atoms with van der Waals surface area (Å²) in [4.78, 5) is 25.4. The number of aliphatic carboxylic acids is 1. The lowest BCUT2D eigenvalue weighted by atomic mass is 10.0. The summed E-state index contributed by atoms with van der Waals surface area (Å²) in [5.74, 6) is -1.29. The molecule has 104 valence electrons. The van der Waals surface area contributed by atoms with Crippen molar-refractivity contribution in [2.75, 3.05) is 13.1 Å². The highest BCUT2D eigenvalue weighted by Gasteiger charge is 2.43. The van der Waals surface area contributed by atoms with Gasteiger partial charge in [0, 0.05) is 13.1 Å². The van der Waals surface area contributed by atoms with E-state index in [9.17, 15) is 9.59 Å². The van der Waals surface area contributed by atoms with Crippen molar-refractivity contribution in [2.45, 2.75) is 31.7 Å². The lowest BCUT2D eigenvalue weighted by Crippen LogP contribution is -2.50. The molecule has 1 aromatic rings. The average Bonchev–Trinajstić information content (AvgIpc) is 2.97. The first-order chi connectivity index (χ1) is 8.98. The van der Waals surface area contributed by atoms with Gasteiger partial charge in [0.2, 0.25) is 0 Å². The van der Waals surface area contributed by atoms with E-state index in [4.69, 9.17) is 10.8 Å². The summed E-state index contributed by atoms with van der Waals surface area (Å²) >= 11 is 1.05. The van der Waals surface area contributed by atoms with Gasteiger partial charge in [-0.25, -0.2) is 0 Å². The molecule has 0 radical (unpaired) electrons. The molecule has 1 atom stereocenters. The molecular weight excluding hydrogens is 268 g/mol. The van der Waals surface area contributed by atoms with Gasteiger partial charge in [0.1, 0.15) is 10.4 Å². The van der Waals surface area contributed by atoms with Crippen LogP contribution in [0.1, 0.15) is 35.1 Å². The average molecular weight is 284 g/mol. The Kier molecular flexibility index (Phi) is 3.81. The van der Waals surface area contributed by atoms with E-state index in [1.165, 1.54) is 4.90 Å². The van der Waals surface area contributed by atoms with Crippen LogP contribution in [0.2, 0.25) is 0 Å². The second kappa shape index (κ2) is 5.22. The molecule has 1 fully saturated rings. The first kappa shape index (κ1) is 13.9. The topological polar surface area (TPSA) is 109 Å². The van der Waals surface area contributed by atoms with Crippen molar-refractivity contribution in [3.8, 4) is 0 Å². The molecule has 19 heavy (non-hydrogen) atoms. The van der Waals surface area contributed by atoms with Crippen molar-refractivity contribution >= 4 is 23.4 Å². The van der Waals surface area contributed by atoms with Gasteiger partial charge in [0.15, 0.2) is 0 Å². The van der Waals surface area contributed by atoms with Crippen molar-refractivity contribution < 1.29 is 14.7 Å². The Morgan fingerprint density at radius 2 is 2.32 bits per heavy atom. The summed E-state index contributed by atoms with van der Waals surface area (Å²) in [7, 11) is 0. The standard InChI is InChI=1S/C11H16N4O3S/c1-2-3-7-8(19-14-13-7)9(16)15-5-4-11(12,6-15)10(17)18/h2-6,12H2,1H3,(H,17,18). The summed E-state index contributed by atoms with van der Waals surface area (Å²) in [5.41, 5.74) is 5.11. The molecule has 1 amide bonds. The number of hydrogen-bond donors (Lipinski definition) is 2. The lowest BCUT2D eigenvalue weighted by molar-refractivity contribution is -0.142. The summed E-state index contributed by atoms with van der Waals surface area (Å²) in [6.07, 6.45) is 1.84. The summed E-state index contributed by atoms with van der Waals surface area (Å²) in [5, 5.41) is 13.0. The number of carboxylic acids is 1. The van der Waals surface area contributed by atoms with Gasteiger partial charge in [-0.1, -0.05) is 17.8 Å². The zero-order valence-electron chi connectivity index (χ0n) is 10.6. The Labute approximate surface area is 114 Å². The van der Waals surface area contributed by atoms with Crippen LogP contribution in [0, 0.1) is 0 Å². The Balaban J connectivity index is 2.13. The third-order valence-electron chi connectivity index (χ3n) is 3.25. The fourth-order valence-electron chi connectivity index (χ4n) is 2.10. The Morgan fingerprint density at radius 1 is 1.58 bits per heavy atom. The number of amides is 1. The lowest BCUT2D eigenvalue weighted by Gasteiger charge is -2.19. The fraction of sp³-hybridized carbons (Fsp3) is 0.636. The molecule has 1 aromatic heterocycles. The summed E-state index contributed by atoms with van der Waals surface area (Å²) < 4.78 is 3.80. The minimum absolute atomic E-state index is 0.0324. The van der Waals surface area contributed by atoms with Crippen molar-refractivity contribution in [3.05, 3.63) is 10.6 Å². The number of hydrogen-bond acceptors (Lipinski definition) is 6. The van der Waals surface area contributed by atoms with Crippen molar-refractivity contribution in [2.24, 2.45) is 5.73 Å². The maximum atomic E-state index is 12.3.